The largest absolute Gasteiger partial charge is 0.481 e. The lowest BCUT2D eigenvalue weighted by atomic mass is 9.98. The van der Waals surface area contributed by atoms with E-state index in [2.05, 4.69) is 27.6 Å². The number of likely N-dealkylation sites (tertiary alicyclic amines) is 1. The molecule has 0 aromatic rings. The highest BCUT2D eigenvalue weighted by atomic mass is 35.5. The Morgan fingerprint density at radius 2 is 2.06 bits per heavy atom. The first kappa shape index (κ1) is 28.0. The number of nitrogens with two attached hydrogens (primary N) is 1. The van der Waals surface area contributed by atoms with Crippen molar-refractivity contribution >= 4 is 36.5 Å². The number of nitrogens with one attached hydrogen (secondary N) is 2. The highest BCUT2D eigenvalue weighted by molar-refractivity contribution is 5.89. The van der Waals surface area contributed by atoms with Gasteiger partial charge in [0.25, 0.3) is 0 Å². The first-order valence-corrected chi connectivity index (χ1v) is 11.4. The zero-order valence-electron chi connectivity index (χ0n) is 19.0. The molecule has 0 radical (unpaired) electrons. The highest BCUT2D eigenvalue weighted by Crippen LogP contribution is 2.28. The van der Waals surface area contributed by atoms with Crippen LogP contribution in [0.4, 0.5) is 0 Å². The lowest BCUT2D eigenvalue weighted by molar-refractivity contribution is -0.140. The van der Waals surface area contributed by atoms with Gasteiger partial charge in [-0.3, -0.25) is 14.4 Å². The summed E-state index contributed by atoms with van der Waals surface area (Å²) in [5.74, 6) is 4.29. The topological polar surface area (TPSA) is 140 Å². The van der Waals surface area contributed by atoms with Crippen molar-refractivity contribution in [3.63, 3.8) is 0 Å². The van der Waals surface area contributed by atoms with Crippen LogP contribution in [-0.4, -0.2) is 83.8 Å². The number of unbranched alkanes of at least 4 members (excludes halogenated alkanes) is 1. The number of hydrogen-bond donors (Lipinski definition) is 4. The zero-order valence-corrected chi connectivity index (χ0v) is 19.8. The van der Waals surface area contributed by atoms with E-state index in [0.717, 1.165) is 51.6 Å². The van der Waals surface area contributed by atoms with E-state index in [-0.39, 0.29) is 49.6 Å². The van der Waals surface area contributed by atoms with Crippen LogP contribution in [0.25, 0.3) is 0 Å². The molecule has 0 aromatic carbocycles. The molecule has 1 saturated carbocycles. The van der Waals surface area contributed by atoms with Crippen LogP contribution in [0.3, 0.4) is 0 Å². The number of aliphatic carboxylic acids is 1. The summed E-state index contributed by atoms with van der Waals surface area (Å²) in [6.07, 6.45) is 7.32. The molecule has 1 heterocycles. The Balaban J connectivity index is 0.00000512. The Morgan fingerprint density at radius 3 is 2.69 bits per heavy atom. The van der Waals surface area contributed by atoms with Gasteiger partial charge in [0.05, 0.1) is 18.9 Å². The predicted octanol–water partition coefficient (Wildman–Crippen LogP) is 0.753. The van der Waals surface area contributed by atoms with Crippen LogP contribution in [0, 0.1) is 5.92 Å². The normalized spacial score (nSPS) is 19.3. The number of amides is 2. The van der Waals surface area contributed by atoms with Gasteiger partial charge in [0, 0.05) is 32.2 Å². The van der Waals surface area contributed by atoms with Crippen molar-refractivity contribution < 1.29 is 19.5 Å². The third kappa shape index (κ3) is 10.0. The number of carbonyl (C=O) groups excluding carboxylic acids is 2. The quantitative estimate of drug-likeness (QED) is 0.0956. The van der Waals surface area contributed by atoms with Crippen LogP contribution in [0.1, 0.15) is 58.3 Å². The number of rotatable bonds is 14. The van der Waals surface area contributed by atoms with Crippen molar-refractivity contribution in [2.75, 3.05) is 32.7 Å². The van der Waals surface area contributed by atoms with Gasteiger partial charge in [-0.25, -0.2) is 0 Å². The van der Waals surface area contributed by atoms with Gasteiger partial charge in [-0.1, -0.05) is 13.3 Å². The second kappa shape index (κ2) is 14.9. The molecule has 10 nitrogen and oxygen atoms in total. The van der Waals surface area contributed by atoms with E-state index < -0.39 is 12.0 Å². The van der Waals surface area contributed by atoms with Crippen molar-refractivity contribution in [3.05, 3.63) is 0 Å². The Morgan fingerprint density at radius 1 is 1.31 bits per heavy atom. The molecule has 1 aliphatic heterocycles. The predicted molar refractivity (Wildman–Crippen MR) is 126 cm³/mol. The molecule has 1 saturated heterocycles. The smallest absolute Gasteiger partial charge is 0.305 e. The molecule has 5 N–H and O–H groups in total. The van der Waals surface area contributed by atoms with Crippen molar-refractivity contribution in [2.24, 2.45) is 16.9 Å². The minimum Gasteiger partial charge on any atom is -0.481 e. The maximum absolute atomic E-state index is 13.1. The molecule has 2 fully saturated rings. The van der Waals surface area contributed by atoms with Gasteiger partial charge in [0.2, 0.25) is 11.8 Å². The second-order valence-electron chi connectivity index (χ2n) is 8.54. The van der Waals surface area contributed by atoms with Crippen molar-refractivity contribution in [1.29, 1.82) is 0 Å². The van der Waals surface area contributed by atoms with E-state index in [9.17, 15) is 14.4 Å². The second-order valence-corrected chi connectivity index (χ2v) is 8.54. The molecule has 2 atom stereocenters. The van der Waals surface area contributed by atoms with E-state index in [0.29, 0.717) is 19.0 Å². The van der Waals surface area contributed by atoms with Gasteiger partial charge in [0.15, 0.2) is 0 Å². The number of carboxylic acid groups (broad SMARTS) is 1. The number of carboxylic acids is 1. The van der Waals surface area contributed by atoms with E-state index in [4.69, 9.17) is 10.9 Å². The van der Waals surface area contributed by atoms with Crippen LogP contribution in [0.5, 0.6) is 0 Å². The van der Waals surface area contributed by atoms with Gasteiger partial charge in [-0.15, -0.1) is 12.4 Å². The highest BCUT2D eigenvalue weighted by Gasteiger charge is 2.36. The standard InChI is InChI=1S/C21H38N6O4.ClH/c1-2-3-9-23-18(21(31)27(17-6-7-17)11-8-20(29)30)12-19(28)24-13-16-5-4-10-26(14-16)15-25-22;/h15-18,23H,2-14,22H2,1H3,(H,24,28)(H,29,30);1H/t16-,18-;/m0./s1. The first-order valence-electron chi connectivity index (χ1n) is 11.4. The van der Waals surface area contributed by atoms with E-state index in [1.807, 2.05) is 0 Å². The molecule has 0 bridgehead atoms. The first-order chi connectivity index (χ1) is 14.9. The summed E-state index contributed by atoms with van der Waals surface area (Å²) in [6, 6.07) is -0.531. The molecule has 0 unspecified atom stereocenters. The summed E-state index contributed by atoms with van der Waals surface area (Å²) in [4.78, 5) is 40.5. The van der Waals surface area contributed by atoms with Crippen LogP contribution in [-0.2, 0) is 14.4 Å². The average Bonchev–Trinajstić information content (AvgIpc) is 3.57. The Kier molecular flexibility index (Phi) is 13.0. The van der Waals surface area contributed by atoms with Crippen LogP contribution >= 0.6 is 12.4 Å². The number of nitrogens with zero attached hydrogens (tertiary/aromatic N) is 3. The minimum atomic E-state index is -0.923. The van der Waals surface area contributed by atoms with Crippen LogP contribution < -0.4 is 16.5 Å². The fourth-order valence-corrected chi connectivity index (χ4v) is 3.95. The molecule has 0 spiro atoms. The summed E-state index contributed by atoms with van der Waals surface area (Å²) in [7, 11) is 0. The number of piperidine rings is 1. The minimum absolute atomic E-state index is 0. The van der Waals surface area contributed by atoms with Gasteiger partial charge in [0.1, 0.15) is 6.34 Å². The monoisotopic (exact) mass is 474 g/mol. The molecular formula is C21H39ClN6O4. The number of carbonyl (C=O) groups is 3. The molecule has 32 heavy (non-hydrogen) atoms. The zero-order chi connectivity index (χ0) is 22.6. The van der Waals surface area contributed by atoms with Crippen molar-refractivity contribution in [3.8, 4) is 0 Å². The summed E-state index contributed by atoms with van der Waals surface area (Å²) >= 11 is 0. The van der Waals surface area contributed by atoms with Gasteiger partial charge in [-0.2, -0.15) is 5.10 Å². The molecule has 11 heteroatoms. The third-order valence-electron chi connectivity index (χ3n) is 5.81. The maximum atomic E-state index is 13.1. The lowest BCUT2D eigenvalue weighted by Gasteiger charge is -2.31. The average molecular weight is 475 g/mol. The molecule has 2 amide bonds. The summed E-state index contributed by atoms with van der Waals surface area (Å²) in [6.45, 7) is 5.16. The van der Waals surface area contributed by atoms with Crippen LogP contribution in [0.15, 0.2) is 5.10 Å². The van der Waals surface area contributed by atoms with Crippen molar-refractivity contribution in [2.45, 2.75) is 70.4 Å². The van der Waals surface area contributed by atoms with E-state index in [1.54, 1.807) is 11.2 Å². The van der Waals surface area contributed by atoms with Gasteiger partial charge >= 0.3 is 5.97 Å². The molecular weight excluding hydrogens is 436 g/mol. The number of hydrazone groups is 1. The molecule has 2 aliphatic rings. The summed E-state index contributed by atoms with van der Waals surface area (Å²) < 4.78 is 0. The molecule has 1 aliphatic carbocycles. The number of halogens is 1. The summed E-state index contributed by atoms with van der Waals surface area (Å²) in [5, 5.41) is 18.8. The van der Waals surface area contributed by atoms with Gasteiger partial charge in [-0.05, 0) is 44.6 Å². The Labute approximate surface area is 196 Å². The Hall–Kier alpha value is -2.07. The fraction of sp³-hybridized carbons (Fsp3) is 0.810. The van der Waals surface area contributed by atoms with E-state index >= 15 is 0 Å². The molecule has 2 rings (SSSR count). The third-order valence-corrected chi connectivity index (χ3v) is 5.81. The van der Waals surface area contributed by atoms with Crippen molar-refractivity contribution in [1.82, 2.24) is 20.4 Å². The number of hydrogen-bond acceptors (Lipinski definition) is 6. The SMILES string of the molecule is CCCCN[C@@H](CC(=O)NC[C@@H]1CCCN(C=NN)C1)C(=O)N(CCC(=O)O)C1CC1.Cl. The molecule has 184 valence electrons. The lowest BCUT2D eigenvalue weighted by Crippen LogP contribution is -2.50. The maximum Gasteiger partial charge on any atom is 0.305 e. The van der Waals surface area contributed by atoms with E-state index in [1.165, 1.54) is 0 Å². The Bertz CT molecular complexity index is 631. The van der Waals surface area contributed by atoms with Crippen LogP contribution in [0.2, 0.25) is 0 Å². The fourth-order valence-electron chi connectivity index (χ4n) is 3.95. The van der Waals surface area contributed by atoms with Gasteiger partial charge < -0.3 is 31.4 Å². The molecule has 0 aromatic heterocycles. The summed E-state index contributed by atoms with van der Waals surface area (Å²) in [5.41, 5.74) is 0.